The molecule has 0 saturated carbocycles. The first kappa shape index (κ1) is 16.7. The summed E-state index contributed by atoms with van der Waals surface area (Å²) in [5.74, 6) is 0.473. The number of nitrogens with zero attached hydrogens (tertiary/aromatic N) is 1. The highest BCUT2D eigenvalue weighted by Crippen LogP contribution is 2.20. The number of hydrogen-bond donors (Lipinski definition) is 2. The fourth-order valence-electron chi connectivity index (χ4n) is 1.85. The number of carbonyl (C=O) groups excluding carboxylic acids is 1. The molecule has 1 aromatic rings. The van der Waals surface area contributed by atoms with Gasteiger partial charge in [0.25, 0.3) is 0 Å². The third kappa shape index (κ3) is 4.94. The van der Waals surface area contributed by atoms with Gasteiger partial charge in [-0.05, 0) is 44.0 Å². The van der Waals surface area contributed by atoms with Gasteiger partial charge in [0.1, 0.15) is 0 Å². The van der Waals surface area contributed by atoms with Crippen molar-refractivity contribution in [2.75, 3.05) is 25.5 Å². The van der Waals surface area contributed by atoms with E-state index in [0.29, 0.717) is 5.92 Å². The first-order valence-corrected chi connectivity index (χ1v) is 7.18. The fourth-order valence-corrected chi connectivity index (χ4v) is 1.85. The lowest BCUT2D eigenvalue weighted by Crippen LogP contribution is -2.38. The van der Waals surface area contributed by atoms with E-state index in [1.165, 1.54) is 5.56 Å². The molecule has 0 aliphatic carbocycles. The highest BCUT2D eigenvalue weighted by atomic mass is 16.3. The van der Waals surface area contributed by atoms with Gasteiger partial charge in [0, 0.05) is 11.7 Å². The minimum Gasteiger partial charge on any atom is -0.395 e. The van der Waals surface area contributed by atoms with Gasteiger partial charge >= 0.3 is 0 Å². The third-order valence-electron chi connectivity index (χ3n) is 3.79. The van der Waals surface area contributed by atoms with Crippen LogP contribution in [0.25, 0.3) is 0 Å². The third-order valence-corrected chi connectivity index (χ3v) is 3.79. The number of aliphatic hydroxyl groups is 1. The summed E-state index contributed by atoms with van der Waals surface area (Å²) in [6.07, 6.45) is 1.11. The summed E-state index contributed by atoms with van der Waals surface area (Å²) in [4.78, 5) is 13.7. The smallest absolute Gasteiger partial charge is 0.238 e. The van der Waals surface area contributed by atoms with Crippen LogP contribution in [0.1, 0.15) is 38.7 Å². The summed E-state index contributed by atoms with van der Waals surface area (Å²) in [5.41, 5.74) is 2.10. The lowest BCUT2D eigenvalue weighted by atomic mass is 9.99. The number of hydrogen-bond acceptors (Lipinski definition) is 3. The predicted molar refractivity (Wildman–Crippen MR) is 83.0 cm³/mol. The maximum absolute atomic E-state index is 11.9. The summed E-state index contributed by atoms with van der Waals surface area (Å²) < 4.78 is 0. The molecule has 0 bridgehead atoms. The van der Waals surface area contributed by atoms with Crippen molar-refractivity contribution >= 4 is 11.6 Å². The molecule has 4 heteroatoms. The Morgan fingerprint density at radius 3 is 2.40 bits per heavy atom. The maximum atomic E-state index is 11.9. The molecule has 1 rings (SSSR count). The number of likely N-dealkylation sites (N-methyl/N-ethyl adjacent to an activating group) is 1. The van der Waals surface area contributed by atoms with Crippen molar-refractivity contribution in [2.24, 2.45) is 0 Å². The van der Waals surface area contributed by atoms with Crippen molar-refractivity contribution in [1.29, 1.82) is 0 Å². The zero-order valence-corrected chi connectivity index (χ0v) is 12.9. The van der Waals surface area contributed by atoms with Crippen LogP contribution in [-0.2, 0) is 4.79 Å². The molecule has 0 aromatic heterocycles. The van der Waals surface area contributed by atoms with Crippen LogP contribution in [0.4, 0.5) is 5.69 Å². The second-order valence-electron chi connectivity index (χ2n) is 5.43. The molecule has 20 heavy (non-hydrogen) atoms. The van der Waals surface area contributed by atoms with Crippen molar-refractivity contribution in [3.63, 3.8) is 0 Å². The van der Waals surface area contributed by atoms with Crippen LogP contribution < -0.4 is 5.32 Å². The van der Waals surface area contributed by atoms with Crippen molar-refractivity contribution in [1.82, 2.24) is 4.90 Å². The van der Waals surface area contributed by atoms with Crippen LogP contribution in [0.2, 0.25) is 0 Å². The summed E-state index contributed by atoms with van der Waals surface area (Å²) >= 11 is 0. The zero-order valence-electron chi connectivity index (χ0n) is 12.9. The number of nitrogens with one attached hydrogen (secondary N) is 1. The average molecular weight is 278 g/mol. The second kappa shape index (κ2) is 8.02. The van der Waals surface area contributed by atoms with Crippen LogP contribution in [0.3, 0.4) is 0 Å². The van der Waals surface area contributed by atoms with E-state index in [0.717, 1.165) is 12.1 Å². The Morgan fingerprint density at radius 1 is 1.30 bits per heavy atom. The minimum atomic E-state index is -0.0657. The Hall–Kier alpha value is -1.39. The van der Waals surface area contributed by atoms with E-state index >= 15 is 0 Å². The maximum Gasteiger partial charge on any atom is 0.238 e. The van der Waals surface area contributed by atoms with E-state index in [4.69, 9.17) is 5.11 Å². The van der Waals surface area contributed by atoms with Crippen LogP contribution in [0.15, 0.2) is 24.3 Å². The summed E-state index contributed by atoms with van der Waals surface area (Å²) in [7, 11) is 1.83. The van der Waals surface area contributed by atoms with Gasteiger partial charge in [0.15, 0.2) is 0 Å². The lowest BCUT2D eigenvalue weighted by Gasteiger charge is -2.22. The van der Waals surface area contributed by atoms with Gasteiger partial charge in [0.2, 0.25) is 5.91 Å². The molecule has 0 radical (unpaired) electrons. The van der Waals surface area contributed by atoms with Crippen molar-refractivity contribution in [3.8, 4) is 0 Å². The lowest BCUT2D eigenvalue weighted by molar-refractivity contribution is -0.117. The number of carbonyl (C=O) groups is 1. The van der Waals surface area contributed by atoms with Gasteiger partial charge in [-0.1, -0.05) is 26.0 Å². The molecule has 0 fully saturated rings. The Bertz CT molecular complexity index is 417. The molecule has 2 atom stereocenters. The van der Waals surface area contributed by atoms with E-state index in [-0.39, 0.29) is 25.1 Å². The first-order valence-electron chi connectivity index (χ1n) is 7.18. The summed E-state index contributed by atoms with van der Waals surface area (Å²) in [6, 6.07) is 7.98. The largest absolute Gasteiger partial charge is 0.395 e. The number of aliphatic hydroxyl groups excluding tert-OH is 1. The van der Waals surface area contributed by atoms with Crippen molar-refractivity contribution in [2.45, 2.75) is 39.2 Å². The number of amides is 1. The van der Waals surface area contributed by atoms with Crippen LogP contribution >= 0.6 is 0 Å². The molecular weight excluding hydrogens is 252 g/mol. The van der Waals surface area contributed by atoms with E-state index in [1.54, 1.807) is 0 Å². The molecular formula is C16H26N2O2. The van der Waals surface area contributed by atoms with Gasteiger partial charge in [-0.2, -0.15) is 0 Å². The zero-order chi connectivity index (χ0) is 15.1. The highest BCUT2D eigenvalue weighted by molar-refractivity contribution is 5.92. The highest BCUT2D eigenvalue weighted by Gasteiger charge is 2.12. The van der Waals surface area contributed by atoms with E-state index in [1.807, 2.05) is 31.0 Å². The van der Waals surface area contributed by atoms with E-state index in [2.05, 4.69) is 31.3 Å². The standard InChI is InChI=1S/C16H26N2O2/c1-5-12(2)14-6-8-15(9-7-14)17-16(20)10-18(4)13(3)11-19/h6-9,12-13,19H,5,10-11H2,1-4H3,(H,17,20). The number of rotatable bonds is 7. The molecule has 0 aliphatic rings. The first-order chi connectivity index (χ1) is 9.47. The molecule has 0 aliphatic heterocycles. The molecule has 1 amide bonds. The quantitative estimate of drug-likeness (QED) is 0.805. The van der Waals surface area contributed by atoms with Gasteiger partial charge in [-0.3, -0.25) is 9.69 Å². The Labute approximate surface area is 121 Å². The van der Waals surface area contributed by atoms with Crippen LogP contribution in [0, 0.1) is 0 Å². The molecule has 2 N–H and O–H groups in total. The molecule has 0 heterocycles. The predicted octanol–water partition coefficient (Wildman–Crippen LogP) is 2.45. The molecule has 2 unspecified atom stereocenters. The topological polar surface area (TPSA) is 52.6 Å². The second-order valence-corrected chi connectivity index (χ2v) is 5.43. The van der Waals surface area contributed by atoms with E-state index in [9.17, 15) is 4.79 Å². The van der Waals surface area contributed by atoms with Gasteiger partial charge in [-0.25, -0.2) is 0 Å². The van der Waals surface area contributed by atoms with Gasteiger partial charge in [0.05, 0.1) is 13.2 Å². The minimum absolute atomic E-state index is 0.0199. The Kier molecular flexibility index (Phi) is 6.68. The molecule has 1 aromatic carbocycles. The number of benzene rings is 1. The van der Waals surface area contributed by atoms with Crippen LogP contribution in [0.5, 0.6) is 0 Å². The fraction of sp³-hybridized carbons (Fsp3) is 0.562. The van der Waals surface area contributed by atoms with Gasteiger partial charge in [-0.15, -0.1) is 0 Å². The molecule has 0 spiro atoms. The SMILES string of the molecule is CCC(C)c1ccc(NC(=O)CN(C)C(C)CO)cc1. The Balaban J connectivity index is 2.54. The molecule has 0 saturated heterocycles. The monoisotopic (exact) mass is 278 g/mol. The van der Waals surface area contributed by atoms with Crippen LogP contribution in [-0.4, -0.2) is 42.2 Å². The van der Waals surface area contributed by atoms with Gasteiger partial charge < -0.3 is 10.4 Å². The normalized spacial score (nSPS) is 14.1. The summed E-state index contributed by atoms with van der Waals surface area (Å²) in [6.45, 7) is 6.56. The Morgan fingerprint density at radius 2 is 1.90 bits per heavy atom. The number of anilines is 1. The summed E-state index contributed by atoms with van der Waals surface area (Å²) in [5, 5.41) is 11.9. The van der Waals surface area contributed by atoms with Crippen molar-refractivity contribution in [3.05, 3.63) is 29.8 Å². The van der Waals surface area contributed by atoms with Crippen molar-refractivity contribution < 1.29 is 9.90 Å². The average Bonchev–Trinajstić information content (AvgIpc) is 2.46. The molecule has 112 valence electrons. The molecule has 4 nitrogen and oxygen atoms in total. The van der Waals surface area contributed by atoms with E-state index < -0.39 is 0 Å².